The maximum atomic E-state index is 6.17. The van der Waals surface area contributed by atoms with Crippen molar-refractivity contribution in [2.45, 2.75) is 57.1 Å². The molecule has 2 aliphatic heterocycles. The summed E-state index contributed by atoms with van der Waals surface area (Å²) in [6.07, 6.45) is 7.71. The van der Waals surface area contributed by atoms with Gasteiger partial charge in [0.15, 0.2) is 0 Å². The van der Waals surface area contributed by atoms with Gasteiger partial charge >= 0.3 is 0 Å². The molecule has 2 saturated heterocycles. The van der Waals surface area contributed by atoms with Gasteiger partial charge in [0.2, 0.25) is 0 Å². The first kappa shape index (κ1) is 16.2. The Kier molecular flexibility index (Phi) is 6.27. The van der Waals surface area contributed by atoms with Gasteiger partial charge in [-0.1, -0.05) is 13.3 Å². The number of nitrogens with two attached hydrogens (primary N) is 1. The summed E-state index contributed by atoms with van der Waals surface area (Å²) in [7, 11) is 2.26. The van der Waals surface area contributed by atoms with Crippen LogP contribution in [0.15, 0.2) is 0 Å². The van der Waals surface area contributed by atoms with E-state index in [0.717, 1.165) is 32.5 Å². The van der Waals surface area contributed by atoms with Gasteiger partial charge in [-0.3, -0.25) is 4.90 Å². The van der Waals surface area contributed by atoms with Crippen LogP contribution in [0.2, 0.25) is 0 Å². The first-order valence-electron chi connectivity index (χ1n) is 8.45. The normalized spacial score (nSPS) is 32.1. The summed E-state index contributed by atoms with van der Waals surface area (Å²) in [4.78, 5) is 5.11. The lowest BCUT2D eigenvalue weighted by Gasteiger charge is -2.47. The van der Waals surface area contributed by atoms with Crippen LogP contribution in [-0.4, -0.2) is 67.8 Å². The van der Waals surface area contributed by atoms with Crippen LogP contribution >= 0.6 is 0 Å². The van der Waals surface area contributed by atoms with Crippen LogP contribution in [0.25, 0.3) is 0 Å². The molecule has 0 spiro atoms. The Morgan fingerprint density at radius 2 is 2.10 bits per heavy atom. The van der Waals surface area contributed by atoms with Gasteiger partial charge in [-0.2, -0.15) is 0 Å². The van der Waals surface area contributed by atoms with Crippen molar-refractivity contribution in [2.75, 3.05) is 46.4 Å². The average molecular weight is 283 g/mol. The van der Waals surface area contributed by atoms with E-state index in [1.54, 1.807) is 0 Å². The van der Waals surface area contributed by atoms with Crippen LogP contribution in [0.1, 0.15) is 45.4 Å². The fraction of sp³-hybridized carbons (Fsp3) is 1.00. The largest absolute Gasteiger partial charge is 0.378 e. The molecular weight excluding hydrogens is 250 g/mol. The standard InChI is InChI=1S/C16H33N3O/c1-3-6-15-13-16(14-17,7-12-20-15)18(2)10-11-19-8-4-5-9-19/h15H,3-14,17H2,1-2H3. The molecule has 0 bridgehead atoms. The SMILES string of the molecule is CCCC1CC(CN)(N(C)CCN2CCCC2)CCO1. The van der Waals surface area contributed by atoms with E-state index in [2.05, 4.69) is 23.8 Å². The molecule has 118 valence electrons. The van der Waals surface area contributed by atoms with Crippen molar-refractivity contribution in [1.29, 1.82) is 0 Å². The average Bonchev–Trinajstić information content (AvgIpc) is 2.98. The van der Waals surface area contributed by atoms with E-state index in [9.17, 15) is 0 Å². The minimum Gasteiger partial charge on any atom is -0.378 e. The fourth-order valence-corrected chi connectivity index (χ4v) is 3.73. The third-order valence-corrected chi connectivity index (χ3v) is 5.28. The molecule has 4 nitrogen and oxygen atoms in total. The third kappa shape index (κ3) is 3.94. The van der Waals surface area contributed by atoms with E-state index in [0.29, 0.717) is 6.10 Å². The van der Waals surface area contributed by atoms with Crippen molar-refractivity contribution in [2.24, 2.45) is 5.73 Å². The second-order valence-corrected chi connectivity index (χ2v) is 6.63. The molecule has 0 amide bonds. The van der Waals surface area contributed by atoms with Crippen molar-refractivity contribution in [3.05, 3.63) is 0 Å². The number of likely N-dealkylation sites (N-methyl/N-ethyl adjacent to an activating group) is 1. The zero-order valence-corrected chi connectivity index (χ0v) is 13.4. The maximum Gasteiger partial charge on any atom is 0.0593 e. The summed E-state index contributed by atoms with van der Waals surface area (Å²) >= 11 is 0. The Hall–Kier alpha value is -0.160. The zero-order chi connectivity index (χ0) is 14.4. The molecule has 2 heterocycles. The predicted octanol–water partition coefficient (Wildman–Crippen LogP) is 1.69. The summed E-state index contributed by atoms with van der Waals surface area (Å²) < 4.78 is 5.91. The van der Waals surface area contributed by atoms with Crippen molar-refractivity contribution in [1.82, 2.24) is 9.80 Å². The summed E-state index contributed by atoms with van der Waals surface area (Å²) in [5.74, 6) is 0. The highest BCUT2D eigenvalue weighted by molar-refractivity contribution is 4.95. The second-order valence-electron chi connectivity index (χ2n) is 6.63. The molecule has 0 radical (unpaired) electrons. The van der Waals surface area contributed by atoms with Gasteiger partial charge in [0, 0.05) is 31.8 Å². The predicted molar refractivity (Wildman–Crippen MR) is 84.0 cm³/mol. The quantitative estimate of drug-likeness (QED) is 0.772. The summed E-state index contributed by atoms with van der Waals surface area (Å²) in [5.41, 5.74) is 6.33. The lowest BCUT2D eigenvalue weighted by Crippen LogP contribution is -2.58. The molecule has 2 atom stereocenters. The van der Waals surface area contributed by atoms with Crippen molar-refractivity contribution < 1.29 is 4.74 Å². The summed E-state index contributed by atoms with van der Waals surface area (Å²) in [5, 5.41) is 0. The highest BCUT2D eigenvalue weighted by Gasteiger charge is 2.38. The molecule has 0 aromatic carbocycles. The van der Waals surface area contributed by atoms with Crippen LogP contribution < -0.4 is 5.73 Å². The van der Waals surface area contributed by atoms with E-state index in [1.165, 1.54) is 45.3 Å². The monoisotopic (exact) mass is 283 g/mol. The molecule has 20 heavy (non-hydrogen) atoms. The fourth-order valence-electron chi connectivity index (χ4n) is 3.73. The highest BCUT2D eigenvalue weighted by atomic mass is 16.5. The first-order valence-corrected chi connectivity index (χ1v) is 8.45. The molecule has 0 aliphatic carbocycles. The minimum atomic E-state index is 0.164. The topological polar surface area (TPSA) is 41.7 Å². The Balaban J connectivity index is 1.87. The van der Waals surface area contributed by atoms with Gasteiger partial charge < -0.3 is 15.4 Å². The Morgan fingerprint density at radius 1 is 1.35 bits per heavy atom. The van der Waals surface area contributed by atoms with Crippen LogP contribution in [0.3, 0.4) is 0 Å². The van der Waals surface area contributed by atoms with Gasteiger partial charge in [-0.15, -0.1) is 0 Å². The van der Waals surface area contributed by atoms with Gasteiger partial charge in [-0.25, -0.2) is 0 Å². The molecule has 0 aromatic heterocycles. The van der Waals surface area contributed by atoms with Crippen LogP contribution in [0.5, 0.6) is 0 Å². The third-order valence-electron chi connectivity index (χ3n) is 5.28. The lowest BCUT2D eigenvalue weighted by atomic mass is 9.84. The van der Waals surface area contributed by atoms with Gasteiger partial charge in [0.05, 0.1) is 6.10 Å². The highest BCUT2D eigenvalue weighted by Crippen LogP contribution is 2.31. The van der Waals surface area contributed by atoms with Crippen LogP contribution in [-0.2, 0) is 4.74 Å². The van der Waals surface area contributed by atoms with E-state index < -0.39 is 0 Å². The number of hydrogen-bond donors (Lipinski definition) is 1. The Morgan fingerprint density at radius 3 is 2.75 bits per heavy atom. The molecule has 2 rings (SSSR count). The maximum absolute atomic E-state index is 6.17. The number of likely N-dealkylation sites (tertiary alicyclic amines) is 1. The van der Waals surface area contributed by atoms with Crippen LogP contribution in [0.4, 0.5) is 0 Å². The molecular formula is C16H33N3O. The number of ether oxygens (including phenoxy) is 1. The molecule has 2 aliphatic rings. The summed E-state index contributed by atoms with van der Waals surface area (Å²) in [6, 6.07) is 0. The number of hydrogen-bond acceptors (Lipinski definition) is 4. The molecule has 2 N–H and O–H groups in total. The smallest absolute Gasteiger partial charge is 0.0593 e. The zero-order valence-electron chi connectivity index (χ0n) is 13.4. The Bertz CT molecular complexity index is 279. The van der Waals surface area contributed by atoms with Crippen molar-refractivity contribution in [3.8, 4) is 0 Å². The van der Waals surface area contributed by atoms with E-state index >= 15 is 0 Å². The van der Waals surface area contributed by atoms with E-state index in [-0.39, 0.29) is 5.54 Å². The van der Waals surface area contributed by atoms with E-state index in [4.69, 9.17) is 10.5 Å². The molecule has 0 aromatic rings. The number of nitrogens with zero attached hydrogens (tertiary/aromatic N) is 2. The minimum absolute atomic E-state index is 0.164. The van der Waals surface area contributed by atoms with Gasteiger partial charge in [-0.05, 0) is 52.2 Å². The number of rotatable bonds is 7. The molecule has 2 fully saturated rings. The van der Waals surface area contributed by atoms with Gasteiger partial charge in [0.1, 0.15) is 0 Å². The van der Waals surface area contributed by atoms with Crippen LogP contribution in [0, 0.1) is 0 Å². The molecule has 2 unspecified atom stereocenters. The first-order chi connectivity index (χ1) is 9.70. The second kappa shape index (κ2) is 7.74. The van der Waals surface area contributed by atoms with Crippen molar-refractivity contribution in [3.63, 3.8) is 0 Å². The van der Waals surface area contributed by atoms with Crippen molar-refractivity contribution >= 4 is 0 Å². The van der Waals surface area contributed by atoms with Gasteiger partial charge in [0.25, 0.3) is 0 Å². The Labute approximate surface area is 124 Å². The van der Waals surface area contributed by atoms with E-state index in [1.807, 2.05) is 0 Å². The molecule has 4 heteroatoms. The molecule has 0 saturated carbocycles. The lowest BCUT2D eigenvalue weighted by molar-refractivity contribution is -0.0678. The summed E-state index contributed by atoms with van der Waals surface area (Å²) in [6.45, 7) is 8.76.